The zero-order chi connectivity index (χ0) is 14.9. The van der Waals surface area contributed by atoms with E-state index in [9.17, 15) is 13.2 Å². The van der Waals surface area contributed by atoms with Crippen molar-refractivity contribution >= 4 is 15.9 Å². The normalized spacial score (nSPS) is 30.9. The molecule has 0 bridgehead atoms. The van der Waals surface area contributed by atoms with Gasteiger partial charge in [-0.3, -0.25) is 4.79 Å². The quantitative estimate of drug-likeness (QED) is 0.795. The van der Waals surface area contributed by atoms with Crippen LogP contribution in [0, 0.1) is 5.92 Å². The van der Waals surface area contributed by atoms with Gasteiger partial charge < -0.3 is 4.90 Å². The van der Waals surface area contributed by atoms with Gasteiger partial charge in [-0.2, -0.15) is 4.31 Å². The number of hydrogen-bond donors (Lipinski definition) is 0. The van der Waals surface area contributed by atoms with Crippen LogP contribution in [-0.4, -0.2) is 55.0 Å². The second-order valence-electron chi connectivity index (χ2n) is 6.70. The highest BCUT2D eigenvalue weighted by atomic mass is 32.2. The maximum atomic E-state index is 12.6. The molecular formula is C15H26N2O3S. The third-order valence-electron chi connectivity index (χ3n) is 5.33. The maximum absolute atomic E-state index is 12.6. The third-order valence-corrected chi connectivity index (χ3v) is 7.23. The molecule has 2 aliphatic heterocycles. The van der Waals surface area contributed by atoms with E-state index in [-0.39, 0.29) is 18.2 Å². The number of rotatable bonds is 3. The molecule has 1 atom stereocenters. The summed E-state index contributed by atoms with van der Waals surface area (Å²) in [6, 6.07) is 0.364. The van der Waals surface area contributed by atoms with Crippen LogP contribution in [0.1, 0.15) is 51.4 Å². The SMILES string of the molecule is O=C(CN1CCCS1(=O)=O)N1CCC[C@H]1C1CCCCC1. The Kier molecular flexibility index (Phi) is 4.54. The van der Waals surface area contributed by atoms with Crippen LogP contribution in [-0.2, 0) is 14.8 Å². The summed E-state index contributed by atoms with van der Waals surface area (Å²) < 4.78 is 25.1. The molecule has 0 aromatic rings. The van der Waals surface area contributed by atoms with Crippen LogP contribution >= 0.6 is 0 Å². The van der Waals surface area contributed by atoms with Crippen molar-refractivity contribution in [1.29, 1.82) is 0 Å². The fourth-order valence-corrected chi connectivity index (χ4v) is 5.69. The van der Waals surface area contributed by atoms with Crippen LogP contribution in [0.2, 0.25) is 0 Å². The van der Waals surface area contributed by atoms with Gasteiger partial charge in [0.05, 0.1) is 12.3 Å². The van der Waals surface area contributed by atoms with Gasteiger partial charge in [-0.1, -0.05) is 19.3 Å². The van der Waals surface area contributed by atoms with E-state index in [2.05, 4.69) is 0 Å². The van der Waals surface area contributed by atoms with Crippen molar-refractivity contribution in [3.8, 4) is 0 Å². The first-order chi connectivity index (χ1) is 10.1. The summed E-state index contributed by atoms with van der Waals surface area (Å²) in [5.74, 6) is 0.862. The average molecular weight is 314 g/mol. The van der Waals surface area contributed by atoms with Crippen molar-refractivity contribution in [2.45, 2.75) is 57.4 Å². The highest BCUT2D eigenvalue weighted by Gasteiger charge is 2.37. The molecule has 0 N–H and O–H groups in total. The first kappa shape index (κ1) is 15.3. The standard InChI is InChI=1S/C15H26N2O3S/c18-15(12-16-9-5-11-21(16,19)20)17-10-4-8-14(17)13-6-2-1-3-7-13/h13-14H,1-12H2/t14-/m0/s1. The van der Waals surface area contributed by atoms with Crippen molar-refractivity contribution < 1.29 is 13.2 Å². The summed E-state index contributed by atoms with van der Waals surface area (Å²) in [6.07, 6.45) is 9.17. The third kappa shape index (κ3) is 3.26. The zero-order valence-corrected chi connectivity index (χ0v) is 13.5. The van der Waals surface area contributed by atoms with E-state index in [4.69, 9.17) is 0 Å². The topological polar surface area (TPSA) is 57.7 Å². The minimum atomic E-state index is -3.17. The first-order valence-corrected chi connectivity index (χ1v) is 9.96. The number of likely N-dealkylation sites (tertiary alicyclic amines) is 1. The lowest BCUT2D eigenvalue weighted by Gasteiger charge is -2.34. The molecule has 3 rings (SSSR count). The lowest BCUT2D eigenvalue weighted by Crippen LogP contribution is -2.46. The van der Waals surface area contributed by atoms with Crippen molar-refractivity contribution in [2.24, 2.45) is 5.92 Å². The monoisotopic (exact) mass is 314 g/mol. The second kappa shape index (κ2) is 6.24. The highest BCUT2D eigenvalue weighted by molar-refractivity contribution is 7.89. The van der Waals surface area contributed by atoms with Crippen molar-refractivity contribution in [3.05, 3.63) is 0 Å². The van der Waals surface area contributed by atoms with Crippen molar-refractivity contribution in [2.75, 3.05) is 25.4 Å². The van der Waals surface area contributed by atoms with Crippen LogP contribution in [0.15, 0.2) is 0 Å². The molecule has 5 nitrogen and oxygen atoms in total. The van der Waals surface area contributed by atoms with E-state index in [1.807, 2.05) is 4.90 Å². The molecular weight excluding hydrogens is 288 g/mol. The summed E-state index contributed by atoms with van der Waals surface area (Å²) in [5.41, 5.74) is 0. The summed E-state index contributed by atoms with van der Waals surface area (Å²) in [4.78, 5) is 14.6. The van der Waals surface area contributed by atoms with E-state index in [0.717, 1.165) is 19.4 Å². The van der Waals surface area contributed by atoms with Crippen LogP contribution in [0.25, 0.3) is 0 Å². The Morgan fingerprint density at radius 2 is 1.71 bits per heavy atom. The van der Waals surface area contributed by atoms with E-state index >= 15 is 0 Å². The Hall–Kier alpha value is -0.620. The molecule has 21 heavy (non-hydrogen) atoms. The fraction of sp³-hybridized carbons (Fsp3) is 0.933. The van der Waals surface area contributed by atoms with Crippen LogP contribution in [0.4, 0.5) is 0 Å². The number of hydrogen-bond acceptors (Lipinski definition) is 3. The van der Waals surface area contributed by atoms with Gasteiger partial charge in [-0.25, -0.2) is 8.42 Å². The molecule has 2 saturated heterocycles. The van der Waals surface area contributed by atoms with Gasteiger partial charge in [0.25, 0.3) is 0 Å². The summed E-state index contributed by atoms with van der Waals surface area (Å²) in [6.45, 7) is 1.38. The smallest absolute Gasteiger partial charge is 0.238 e. The molecule has 3 aliphatic rings. The van der Waals surface area contributed by atoms with Crippen LogP contribution < -0.4 is 0 Å². The molecule has 0 aromatic carbocycles. The van der Waals surface area contributed by atoms with Gasteiger partial charge in [0, 0.05) is 19.1 Å². The van der Waals surface area contributed by atoms with Crippen molar-refractivity contribution in [1.82, 2.24) is 9.21 Å². The van der Waals surface area contributed by atoms with Gasteiger partial charge in [0.2, 0.25) is 15.9 Å². The number of sulfonamides is 1. The summed E-state index contributed by atoms with van der Waals surface area (Å²) >= 11 is 0. The van der Waals surface area contributed by atoms with Crippen LogP contribution in [0.3, 0.4) is 0 Å². The van der Waals surface area contributed by atoms with Gasteiger partial charge >= 0.3 is 0 Å². The largest absolute Gasteiger partial charge is 0.338 e. The van der Waals surface area contributed by atoms with E-state index < -0.39 is 10.0 Å². The van der Waals surface area contributed by atoms with E-state index in [0.29, 0.717) is 24.9 Å². The molecule has 1 aliphatic carbocycles. The Labute approximate surface area is 127 Å². The Morgan fingerprint density at radius 3 is 2.38 bits per heavy atom. The number of nitrogens with zero attached hydrogens (tertiary/aromatic N) is 2. The molecule has 6 heteroatoms. The molecule has 1 saturated carbocycles. The molecule has 0 aromatic heterocycles. The minimum absolute atomic E-state index is 0.0218. The van der Waals surface area contributed by atoms with Gasteiger partial charge in [0.1, 0.15) is 0 Å². The zero-order valence-electron chi connectivity index (χ0n) is 12.7. The lowest BCUT2D eigenvalue weighted by molar-refractivity contribution is -0.133. The molecule has 3 fully saturated rings. The number of amides is 1. The van der Waals surface area contributed by atoms with Crippen molar-refractivity contribution in [3.63, 3.8) is 0 Å². The van der Waals surface area contributed by atoms with Gasteiger partial charge in [0.15, 0.2) is 0 Å². The predicted molar refractivity (Wildman–Crippen MR) is 81.3 cm³/mol. The number of carbonyl (C=O) groups excluding carboxylic acids is 1. The van der Waals surface area contributed by atoms with E-state index in [1.165, 1.54) is 36.4 Å². The van der Waals surface area contributed by atoms with E-state index in [1.54, 1.807) is 0 Å². The molecule has 0 spiro atoms. The Balaban J connectivity index is 1.63. The molecule has 0 unspecified atom stereocenters. The first-order valence-electron chi connectivity index (χ1n) is 8.35. The lowest BCUT2D eigenvalue weighted by atomic mass is 9.83. The average Bonchev–Trinajstić information content (AvgIpc) is 3.07. The maximum Gasteiger partial charge on any atom is 0.238 e. The number of carbonyl (C=O) groups is 1. The Morgan fingerprint density at radius 1 is 0.952 bits per heavy atom. The molecule has 120 valence electrons. The summed E-state index contributed by atoms with van der Waals surface area (Å²) in [7, 11) is -3.17. The second-order valence-corrected chi connectivity index (χ2v) is 8.79. The van der Waals surface area contributed by atoms with Gasteiger partial charge in [-0.05, 0) is 38.0 Å². The molecule has 1 amide bonds. The highest BCUT2D eigenvalue weighted by Crippen LogP contribution is 2.34. The molecule has 2 heterocycles. The van der Waals surface area contributed by atoms with Gasteiger partial charge in [-0.15, -0.1) is 0 Å². The molecule has 0 radical (unpaired) electrons. The van der Waals surface area contributed by atoms with Crippen LogP contribution in [0.5, 0.6) is 0 Å². The predicted octanol–water partition coefficient (Wildman–Crippen LogP) is 1.59. The Bertz CT molecular complexity index is 485. The summed E-state index contributed by atoms with van der Waals surface area (Å²) in [5, 5.41) is 0. The fourth-order valence-electron chi connectivity index (χ4n) is 4.22. The minimum Gasteiger partial charge on any atom is -0.338 e.